The second-order valence-electron chi connectivity index (χ2n) is 5.17. The van der Waals surface area contributed by atoms with Crippen molar-refractivity contribution in [2.45, 2.75) is 38.0 Å². The van der Waals surface area contributed by atoms with Crippen molar-refractivity contribution >= 4 is 0 Å². The van der Waals surface area contributed by atoms with Gasteiger partial charge in [-0.2, -0.15) is 0 Å². The zero-order chi connectivity index (χ0) is 12.2. The molecule has 1 aliphatic carbocycles. The lowest BCUT2D eigenvalue weighted by atomic mass is 9.86. The van der Waals surface area contributed by atoms with E-state index in [4.69, 9.17) is 0 Å². The first-order chi connectivity index (χ1) is 8.93. The molecule has 0 aliphatic heterocycles. The first-order valence-corrected chi connectivity index (χ1v) is 6.95. The molecule has 1 heteroatoms. The highest BCUT2D eigenvalue weighted by Gasteiger charge is 2.16. The molecule has 1 aromatic heterocycles. The quantitative estimate of drug-likeness (QED) is 0.731. The molecule has 0 unspecified atom stereocenters. The number of pyridine rings is 1. The van der Waals surface area contributed by atoms with Gasteiger partial charge in [-0.25, -0.2) is 0 Å². The van der Waals surface area contributed by atoms with Crippen LogP contribution in [-0.4, -0.2) is 4.98 Å². The molecule has 0 amide bonds. The van der Waals surface area contributed by atoms with E-state index in [1.54, 1.807) is 0 Å². The summed E-state index contributed by atoms with van der Waals surface area (Å²) < 4.78 is 0. The number of aromatic nitrogens is 1. The van der Waals surface area contributed by atoms with Crippen LogP contribution in [0.2, 0.25) is 0 Å². The number of benzene rings is 1. The molecule has 1 aliphatic rings. The summed E-state index contributed by atoms with van der Waals surface area (Å²) in [5.74, 6) is 0.698. The summed E-state index contributed by atoms with van der Waals surface area (Å²) in [7, 11) is 0. The molecule has 1 fully saturated rings. The second-order valence-corrected chi connectivity index (χ2v) is 5.17. The minimum absolute atomic E-state index is 0.698. The van der Waals surface area contributed by atoms with E-state index in [1.165, 1.54) is 48.9 Å². The van der Waals surface area contributed by atoms with Gasteiger partial charge in [-0.3, -0.25) is 4.98 Å². The SMILES string of the molecule is c1ccc(-c2ccc(C3CCCCC3)nc2)cc1. The molecule has 92 valence electrons. The predicted octanol–water partition coefficient (Wildman–Crippen LogP) is 4.80. The minimum atomic E-state index is 0.698. The molecule has 0 saturated heterocycles. The van der Waals surface area contributed by atoms with Crippen LogP contribution in [0.4, 0.5) is 0 Å². The first-order valence-electron chi connectivity index (χ1n) is 6.95. The van der Waals surface area contributed by atoms with Crippen LogP contribution in [0.5, 0.6) is 0 Å². The van der Waals surface area contributed by atoms with Crippen LogP contribution in [-0.2, 0) is 0 Å². The van der Waals surface area contributed by atoms with Gasteiger partial charge in [-0.15, -0.1) is 0 Å². The van der Waals surface area contributed by atoms with Crippen molar-refractivity contribution in [1.29, 1.82) is 0 Å². The fraction of sp³-hybridized carbons (Fsp3) is 0.353. The van der Waals surface area contributed by atoms with Gasteiger partial charge in [0.15, 0.2) is 0 Å². The summed E-state index contributed by atoms with van der Waals surface area (Å²) in [6, 6.07) is 14.9. The molecule has 3 rings (SSSR count). The Morgan fingerprint density at radius 1 is 0.778 bits per heavy atom. The zero-order valence-electron chi connectivity index (χ0n) is 10.7. The standard InChI is InChI=1S/C17H19N/c1-3-7-14(8-4-1)16-11-12-17(18-13-16)15-9-5-2-6-10-15/h1,3-4,7-8,11-13,15H,2,5-6,9-10H2. The summed E-state index contributed by atoms with van der Waals surface area (Å²) in [6.45, 7) is 0. The third kappa shape index (κ3) is 2.45. The van der Waals surface area contributed by atoms with E-state index in [1.807, 2.05) is 12.3 Å². The molecular formula is C17H19N. The van der Waals surface area contributed by atoms with Crippen LogP contribution in [0, 0.1) is 0 Å². The van der Waals surface area contributed by atoms with Crippen molar-refractivity contribution in [2.24, 2.45) is 0 Å². The van der Waals surface area contributed by atoms with Gasteiger partial charge in [-0.05, 0) is 24.5 Å². The molecule has 18 heavy (non-hydrogen) atoms. The van der Waals surface area contributed by atoms with Crippen molar-refractivity contribution in [3.8, 4) is 11.1 Å². The zero-order valence-corrected chi connectivity index (χ0v) is 10.7. The Morgan fingerprint density at radius 2 is 1.56 bits per heavy atom. The minimum Gasteiger partial charge on any atom is -0.260 e. The summed E-state index contributed by atoms with van der Waals surface area (Å²) in [5, 5.41) is 0. The fourth-order valence-electron chi connectivity index (χ4n) is 2.85. The smallest absolute Gasteiger partial charge is 0.0434 e. The monoisotopic (exact) mass is 237 g/mol. The second kappa shape index (κ2) is 5.34. The van der Waals surface area contributed by atoms with Gasteiger partial charge in [0, 0.05) is 23.4 Å². The van der Waals surface area contributed by atoms with Crippen LogP contribution < -0.4 is 0 Å². The van der Waals surface area contributed by atoms with Gasteiger partial charge in [0.2, 0.25) is 0 Å². The Morgan fingerprint density at radius 3 is 2.22 bits per heavy atom. The van der Waals surface area contributed by atoms with Crippen molar-refractivity contribution in [2.75, 3.05) is 0 Å². The average molecular weight is 237 g/mol. The lowest BCUT2D eigenvalue weighted by Gasteiger charge is -2.21. The van der Waals surface area contributed by atoms with E-state index in [0.717, 1.165) is 0 Å². The average Bonchev–Trinajstić information content (AvgIpc) is 2.49. The highest BCUT2D eigenvalue weighted by molar-refractivity contribution is 5.62. The van der Waals surface area contributed by atoms with Crippen LogP contribution in [0.1, 0.15) is 43.7 Å². The molecule has 0 atom stereocenters. The van der Waals surface area contributed by atoms with Gasteiger partial charge in [-0.1, -0.05) is 55.7 Å². The lowest BCUT2D eigenvalue weighted by Crippen LogP contribution is -2.06. The van der Waals surface area contributed by atoms with E-state index in [2.05, 4.69) is 41.4 Å². The summed E-state index contributed by atoms with van der Waals surface area (Å²) in [4.78, 5) is 4.68. The highest BCUT2D eigenvalue weighted by atomic mass is 14.7. The number of nitrogens with zero attached hydrogens (tertiary/aromatic N) is 1. The number of rotatable bonds is 2. The molecule has 1 heterocycles. The van der Waals surface area contributed by atoms with Crippen LogP contribution in [0.25, 0.3) is 11.1 Å². The Balaban J connectivity index is 1.80. The van der Waals surface area contributed by atoms with Gasteiger partial charge in [0.25, 0.3) is 0 Å². The Kier molecular flexibility index (Phi) is 3.40. The van der Waals surface area contributed by atoms with Gasteiger partial charge in [0.05, 0.1) is 0 Å². The summed E-state index contributed by atoms with van der Waals surface area (Å²) in [5.41, 5.74) is 3.75. The molecule has 1 saturated carbocycles. The number of hydrogen-bond donors (Lipinski definition) is 0. The largest absolute Gasteiger partial charge is 0.260 e. The maximum Gasteiger partial charge on any atom is 0.0434 e. The molecule has 1 aromatic carbocycles. The third-order valence-electron chi connectivity index (χ3n) is 3.92. The maximum atomic E-state index is 4.68. The van der Waals surface area contributed by atoms with E-state index in [9.17, 15) is 0 Å². The van der Waals surface area contributed by atoms with Crippen LogP contribution in [0.15, 0.2) is 48.7 Å². The molecule has 0 bridgehead atoms. The van der Waals surface area contributed by atoms with E-state index in [0.29, 0.717) is 5.92 Å². The Bertz CT molecular complexity index is 481. The summed E-state index contributed by atoms with van der Waals surface area (Å²) in [6.07, 6.45) is 8.80. The topological polar surface area (TPSA) is 12.9 Å². The summed E-state index contributed by atoms with van der Waals surface area (Å²) >= 11 is 0. The van der Waals surface area contributed by atoms with E-state index in [-0.39, 0.29) is 0 Å². The molecule has 0 radical (unpaired) electrons. The fourth-order valence-corrected chi connectivity index (χ4v) is 2.85. The third-order valence-corrected chi connectivity index (χ3v) is 3.92. The first kappa shape index (κ1) is 11.5. The van der Waals surface area contributed by atoms with Crippen molar-refractivity contribution in [1.82, 2.24) is 4.98 Å². The van der Waals surface area contributed by atoms with Gasteiger partial charge >= 0.3 is 0 Å². The van der Waals surface area contributed by atoms with E-state index >= 15 is 0 Å². The van der Waals surface area contributed by atoms with E-state index < -0.39 is 0 Å². The normalized spacial score (nSPS) is 16.7. The van der Waals surface area contributed by atoms with Gasteiger partial charge < -0.3 is 0 Å². The predicted molar refractivity (Wildman–Crippen MR) is 75.5 cm³/mol. The molecule has 2 aromatic rings. The number of hydrogen-bond acceptors (Lipinski definition) is 1. The molecular weight excluding hydrogens is 218 g/mol. The lowest BCUT2D eigenvalue weighted by molar-refractivity contribution is 0.437. The maximum absolute atomic E-state index is 4.68. The van der Waals surface area contributed by atoms with Gasteiger partial charge in [0.1, 0.15) is 0 Å². The van der Waals surface area contributed by atoms with Crippen LogP contribution >= 0.6 is 0 Å². The van der Waals surface area contributed by atoms with Crippen molar-refractivity contribution < 1.29 is 0 Å². The molecule has 0 spiro atoms. The van der Waals surface area contributed by atoms with Crippen molar-refractivity contribution in [3.05, 3.63) is 54.4 Å². The highest BCUT2D eigenvalue weighted by Crippen LogP contribution is 2.32. The molecule has 0 N–H and O–H groups in total. The van der Waals surface area contributed by atoms with Crippen molar-refractivity contribution in [3.63, 3.8) is 0 Å². The molecule has 1 nitrogen and oxygen atoms in total. The Labute approximate surface area is 109 Å². The van der Waals surface area contributed by atoms with Crippen LogP contribution in [0.3, 0.4) is 0 Å². The Hall–Kier alpha value is -1.63.